The molecule has 3 rings (SSSR count). The van der Waals surface area contributed by atoms with Crippen LogP contribution < -0.4 is 0 Å². The molecule has 1 unspecified atom stereocenters. The second kappa shape index (κ2) is 9.62. The van der Waals surface area contributed by atoms with Gasteiger partial charge in [0.15, 0.2) is 3.95 Å². The molecule has 150 valence electrons. The van der Waals surface area contributed by atoms with Crippen LogP contribution in [0.25, 0.3) is 0 Å². The van der Waals surface area contributed by atoms with Crippen LogP contribution in [-0.2, 0) is 16.0 Å². The zero-order valence-corrected chi connectivity index (χ0v) is 17.9. The number of ether oxygens (including phenoxy) is 1. The Bertz CT molecular complexity index is 1050. The minimum absolute atomic E-state index is 0.0788. The Labute approximate surface area is 178 Å². The molecule has 0 saturated heterocycles. The van der Waals surface area contributed by atoms with Gasteiger partial charge in [-0.3, -0.25) is 9.56 Å². The SMILES string of the molecule is CCOC(=O)C(Cc1ccccc1)n1c(O)c(C=Nc2ccc(C)cc2)sc1=S. The standard InChI is InChI=1S/C22H22N2O3S2/c1-3-27-21(26)18(13-16-7-5-4-6-8-16)24-20(25)19(29-22(24)28)14-23-17-11-9-15(2)10-12-17/h4-12,14,18,25H,3,13H2,1-2H3. The molecular formula is C22H22N2O3S2. The Hall–Kier alpha value is -2.77. The van der Waals surface area contributed by atoms with Crippen molar-refractivity contribution in [1.82, 2.24) is 4.57 Å². The first-order valence-electron chi connectivity index (χ1n) is 9.25. The van der Waals surface area contributed by atoms with Gasteiger partial charge in [0.25, 0.3) is 0 Å². The van der Waals surface area contributed by atoms with Crippen molar-refractivity contribution in [3.8, 4) is 5.88 Å². The molecule has 0 aliphatic rings. The fraction of sp³-hybridized carbons (Fsp3) is 0.227. The summed E-state index contributed by atoms with van der Waals surface area (Å²) in [5.41, 5.74) is 2.87. The number of nitrogens with zero attached hydrogens (tertiary/aromatic N) is 2. The number of aliphatic imine (C=N–C) groups is 1. The molecule has 1 N–H and O–H groups in total. The van der Waals surface area contributed by atoms with E-state index >= 15 is 0 Å². The van der Waals surface area contributed by atoms with E-state index in [0.29, 0.717) is 15.3 Å². The van der Waals surface area contributed by atoms with Crippen molar-refractivity contribution in [2.45, 2.75) is 26.3 Å². The average molecular weight is 427 g/mol. The average Bonchev–Trinajstić information content (AvgIpc) is 3.00. The molecule has 0 aliphatic carbocycles. The number of rotatable bonds is 7. The molecule has 2 aromatic carbocycles. The molecule has 0 saturated carbocycles. The summed E-state index contributed by atoms with van der Waals surface area (Å²) in [7, 11) is 0. The van der Waals surface area contributed by atoms with Gasteiger partial charge in [0.2, 0.25) is 5.88 Å². The van der Waals surface area contributed by atoms with Crippen molar-refractivity contribution < 1.29 is 14.6 Å². The van der Waals surface area contributed by atoms with Crippen molar-refractivity contribution in [3.63, 3.8) is 0 Å². The first-order chi connectivity index (χ1) is 14.0. The summed E-state index contributed by atoms with van der Waals surface area (Å²) < 4.78 is 7.09. The predicted molar refractivity (Wildman–Crippen MR) is 119 cm³/mol. The van der Waals surface area contributed by atoms with Gasteiger partial charge < -0.3 is 9.84 Å². The van der Waals surface area contributed by atoms with Gasteiger partial charge in [0.05, 0.1) is 18.5 Å². The third-order valence-corrected chi connectivity index (χ3v) is 5.68. The third-order valence-electron chi connectivity index (χ3n) is 4.35. The highest BCUT2D eigenvalue weighted by Gasteiger charge is 2.27. The lowest BCUT2D eigenvalue weighted by molar-refractivity contribution is -0.147. The zero-order valence-electron chi connectivity index (χ0n) is 16.2. The quantitative estimate of drug-likeness (QED) is 0.312. The van der Waals surface area contributed by atoms with Crippen LogP contribution in [0.5, 0.6) is 5.88 Å². The summed E-state index contributed by atoms with van der Waals surface area (Å²) >= 11 is 6.66. The smallest absolute Gasteiger partial charge is 0.329 e. The first kappa shape index (κ1) is 21.0. The van der Waals surface area contributed by atoms with E-state index in [1.54, 1.807) is 13.1 Å². The van der Waals surface area contributed by atoms with E-state index in [0.717, 1.165) is 16.8 Å². The number of thiazole rings is 1. The highest BCUT2D eigenvalue weighted by Crippen LogP contribution is 2.31. The van der Waals surface area contributed by atoms with Crippen LogP contribution >= 0.6 is 23.6 Å². The van der Waals surface area contributed by atoms with Crippen molar-refractivity contribution in [3.05, 3.63) is 74.6 Å². The Morgan fingerprint density at radius 1 is 1.24 bits per heavy atom. The molecule has 1 atom stereocenters. The molecule has 1 aromatic heterocycles. The van der Waals surface area contributed by atoms with E-state index < -0.39 is 12.0 Å². The molecule has 3 aromatic rings. The second-order valence-corrected chi connectivity index (χ2v) is 8.15. The number of aryl methyl sites for hydroxylation is 1. The van der Waals surface area contributed by atoms with Gasteiger partial charge in [-0.2, -0.15) is 0 Å². The fourth-order valence-electron chi connectivity index (χ4n) is 2.87. The Kier molecular flexibility index (Phi) is 6.95. The molecule has 7 heteroatoms. The molecule has 0 aliphatic heterocycles. The van der Waals surface area contributed by atoms with Gasteiger partial charge in [-0.15, -0.1) is 0 Å². The normalized spacial score (nSPS) is 12.2. The minimum Gasteiger partial charge on any atom is -0.493 e. The largest absolute Gasteiger partial charge is 0.493 e. The molecule has 5 nitrogen and oxygen atoms in total. The number of aromatic hydroxyl groups is 1. The number of aromatic nitrogens is 1. The Balaban J connectivity index is 1.94. The Morgan fingerprint density at radius 2 is 1.93 bits per heavy atom. The van der Waals surface area contributed by atoms with E-state index in [1.165, 1.54) is 15.9 Å². The van der Waals surface area contributed by atoms with Gasteiger partial charge in [-0.05, 0) is 43.8 Å². The van der Waals surface area contributed by atoms with Crippen molar-refractivity contribution in [2.75, 3.05) is 6.61 Å². The Morgan fingerprint density at radius 3 is 2.59 bits per heavy atom. The lowest BCUT2D eigenvalue weighted by atomic mass is 10.1. The summed E-state index contributed by atoms with van der Waals surface area (Å²) in [6.07, 6.45) is 1.94. The van der Waals surface area contributed by atoms with Crippen LogP contribution in [0.15, 0.2) is 59.6 Å². The highest BCUT2D eigenvalue weighted by molar-refractivity contribution is 7.73. The second-order valence-electron chi connectivity index (χ2n) is 6.48. The van der Waals surface area contributed by atoms with Crippen LogP contribution in [0, 0.1) is 10.9 Å². The maximum Gasteiger partial charge on any atom is 0.329 e. The monoisotopic (exact) mass is 426 g/mol. The molecule has 29 heavy (non-hydrogen) atoms. The molecule has 0 bridgehead atoms. The number of esters is 1. The number of carbonyl (C=O) groups excluding carboxylic acids is 1. The van der Waals surface area contributed by atoms with Crippen molar-refractivity contribution in [1.29, 1.82) is 0 Å². The molecular weight excluding hydrogens is 404 g/mol. The number of hydrogen-bond donors (Lipinski definition) is 1. The lowest BCUT2D eigenvalue weighted by Gasteiger charge is -2.18. The van der Waals surface area contributed by atoms with Crippen LogP contribution in [0.1, 0.15) is 29.0 Å². The molecule has 0 spiro atoms. The van der Waals surface area contributed by atoms with Gasteiger partial charge in [0, 0.05) is 6.42 Å². The van der Waals surface area contributed by atoms with Crippen molar-refractivity contribution in [2.24, 2.45) is 4.99 Å². The van der Waals surface area contributed by atoms with E-state index in [2.05, 4.69) is 4.99 Å². The summed E-state index contributed by atoms with van der Waals surface area (Å²) in [6, 6.07) is 16.6. The maximum atomic E-state index is 12.6. The maximum absolute atomic E-state index is 12.6. The number of benzene rings is 2. The summed E-state index contributed by atoms with van der Waals surface area (Å²) in [6.45, 7) is 4.02. The number of carbonyl (C=O) groups is 1. The molecule has 1 heterocycles. The molecule has 0 fully saturated rings. The van der Waals surface area contributed by atoms with Crippen molar-refractivity contribution >= 4 is 41.4 Å². The highest BCUT2D eigenvalue weighted by atomic mass is 32.1. The van der Waals surface area contributed by atoms with Crippen LogP contribution in [0.3, 0.4) is 0 Å². The fourth-order valence-corrected chi connectivity index (χ4v) is 4.15. The summed E-state index contributed by atoms with van der Waals surface area (Å²) in [5.74, 6) is -0.507. The van der Waals surface area contributed by atoms with Crippen LogP contribution in [-0.4, -0.2) is 28.5 Å². The van der Waals surface area contributed by atoms with E-state index in [9.17, 15) is 9.90 Å². The van der Waals surface area contributed by atoms with E-state index in [4.69, 9.17) is 17.0 Å². The van der Waals surface area contributed by atoms with E-state index in [-0.39, 0.29) is 12.5 Å². The first-order valence-corrected chi connectivity index (χ1v) is 10.5. The van der Waals surface area contributed by atoms with Crippen LogP contribution in [0.4, 0.5) is 5.69 Å². The molecule has 0 amide bonds. The summed E-state index contributed by atoms with van der Waals surface area (Å²) in [5, 5.41) is 10.8. The predicted octanol–water partition coefficient (Wildman–Crippen LogP) is 5.39. The topological polar surface area (TPSA) is 63.8 Å². The number of hydrogen-bond acceptors (Lipinski definition) is 6. The minimum atomic E-state index is -0.748. The van der Waals surface area contributed by atoms with Gasteiger partial charge in [-0.25, -0.2) is 4.79 Å². The van der Waals surface area contributed by atoms with Gasteiger partial charge >= 0.3 is 5.97 Å². The van der Waals surface area contributed by atoms with Gasteiger partial charge in [-0.1, -0.05) is 59.4 Å². The van der Waals surface area contributed by atoms with Crippen LogP contribution in [0.2, 0.25) is 0 Å². The third kappa shape index (κ3) is 5.19. The summed E-state index contributed by atoms with van der Waals surface area (Å²) in [4.78, 5) is 17.5. The van der Waals surface area contributed by atoms with E-state index in [1.807, 2.05) is 61.5 Å². The zero-order chi connectivity index (χ0) is 20.8. The lowest BCUT2D eigenvalue weighted by Crippen LogP contribution is -2.24. The molecule has 0 radical (unpaired) electrons. The van der Waals surface area contributed by atoms with Gasteiger partial charge in [0.1, 0.15) is 10.9 Å².